The predicted octanol–water partition coefficient (Wildman–Crippen LogP) is 1.98. The summed E-state index contributed by atoms with van der Waals surface area (Å²) in [6.45, 7) is 4.25. The van der Waals surface area contributed by atoms with Crippen molar-refractivity contribution in [1.29, 1.82) is 0 Å². The molecule has 2 rings (SSSR count). The van der Waals surface area contributed by atoms with Crippen LogP contribution in [0.15, 0.2) is 36.7 Å². The number of aryl methyl sites for hydroxylation is 1. The quantitative estimate of drug-likeness (QED) is 0.604. The average molecular weight is 246 g/mol. The smallest absolute Gasteiger partial charge is 0.202 e. The van der Waals surface area contributed by atoms with Crippen LogP contribution in [0.3, 0.4) is 0 Å². The topological polar surface area (TPSA) is 65.1 Å². The van der Waals surface area contributed by atoms with Gasteiger partial charge in [-0.25, -0.2) is 4.98 Å². The molecule has 0 atom stereocenters. The van der Waals surface area contributed by atoms with Crippen LogP contribution in [0.2, 0.25) is 0 Å². The molecule has 0 fully saturated rings. The van der Waals surface area contributed by atoms with Gasteiger partial charge in [-0.1, -0.05) is 6.07 Å². The van der Waals surface area contributed by atoms with Gasteiger partial charge in [-0.2, -0.15) is 0 Å². The molecule has 0 spiro atoms. The van der Waals surface area contributed by atoms with Gasteiger partial charge in [0.1, 0.15) is 12.4 Å². The molecule has 0 aliphatic rings. The van der Waals surface area contributed by atoms with E-state index in [0.717, 1.165) is 18.2 Å². The Morgan fingerprint density at radius 2 is 2.33 bits per heavy atom. The molecule has 0 saturated heterocycles. The fourth-order valence-corrected chi connectivity index (χ4v) is 1.67. The van der Waals surface area contributed by atoms with Crippen LogP contribution in [-0.4, -0.2) is 22.7 Å². The fraction of sp³-hybridized carbons (Fsp3) is 0.308. The second kappa shape index (κ2) is 5.95. The van der Waals surface area contributed by atoms with Crippen molar-refractivity contribution in [2.75, 3.05) is 24.2 Å². The van der Waals surface area contributed by atoms with Crippen LogP contribution in [-0.2, 0) is 6.54 Å². The van der Waals surface area contributed by atoms with Gasteiger partial charge < -0.3 is 20.4 Å². The summed E-state index contributed by atoms with van der Waals surface area (Å²) in [6, 6.07) is 7.42. The molecule has 1 heterocycles. The highest BCUT2D eigenvalue weighted by Gasteiger charge is 1.99. The minimum Gasteiger partial charge on any atom is -0.492 e. The van der Waals surface area contributed by atoms with Gasteiger partial charge in [0.15, 0.2) is 0 Å². The second-order valence-corrected chi connectivity index (χ2v) is 3.88. The lowest BCUT2D eigenvalue weighted by atomic mass is 10.3. The molecular weight excluding hydrogens is 228 g/mol. The van der Waals surface area contributed by atoms with Crippen LogP contribution in [0.5, 0.6) is 5.75 Å². The van der Waals surface area contributed by atoms with E-state index in [1.54, 1.807) is 6.20 Å². The Morgan fingerprint density at radius 3 is 3.11 bits per heavy atom. The Bertz CT molecular complexity index is 495. The van der Waals surface area contributed by atoms with Crippen LogP contribution in [0.25, 0.3) is 0 Å². The highest BCUT2D eigenvalue weighted by atomic mass is 16.5. The molecule has 5 heteroatoms. The minimum absolute atomic E-state index is 0.569. The summed E-state index contributed by atoms with van der Waals surface area (Å²) in [6.07, 6.45) is 3.73. The lowest BCUT2D eigenvalue weighted by molar-refractivity contribution is 0.332. The van der Waals surface area contributed by atoms with E-state index in [2.05, 4.69) is 17.2 Å². The van der Waals surface area contributed by atoms with Gasteiger partial charge in [0.05, 0.1) is 6.54 Å². The molecule has 0 amide bonds. The first-order chi connectivity index (χ1) is 8.79. The molecule has 0 bridgehead atoms. The maximum Gasteiger partial charge on any atom is 0.202 e. The largest absolute Gasteiger partial charge is 0.492 e. The van der Waals surface area contributed by atoms with Crippen LogP contribution in [0.4, 0.5) is 11.6 Å². The molecular formula is C13H18N4O. The van der Waals surface area contributed by atoms with Crippen molar-refractivity contribution in [2.45, 2.75) is 13.5 Å². The number of nitrogens with two attached hydrogens (primary N) is 1. The first-order valence-electron chi connectivity index (χ1n) is 6.03. The Labute approximate surface area is 107 Å². The molecule has 0 unspecified atom stereocenters. The number of nitrogens with one attached hydrogen (secondary N) is 1. The first kappa shape index (κ1) is 12.3. The monoisotopic (exact) mass is 246 g/mol. The third-order valence-corrected chi connectivity index (χ3v) is 2.57. The molecule has 0 saturated carbocycles. The Morgan fingerprint density at radius 1 is 1.44 bits per heavy atom. The zero-order valence-electron chi connectivity index (χ0n) is 10.5. The van der Waals surface area contributed by atoms with Crippen LogP contribution in [0.1, 0.15) is 6.92 Å². The number of ether oxygens (including phenoxy) is 1. The maximum atomic E-state index is 5.67. The van der Waals surface area contributed by atoms with E-state index < -0.39 is 0 Å². The number of hydrogen-bond acceptors (Lipinski definition) is 4. The molecule has 1 aromatic heterocycles. The lowest BCUT2D eigenvalue weighted by Crippen LogP contribution is -2.14. The van der Waals surface area contributed by atoms with E-state index in [4.69, 9.17) is 10.5 Å². The van der Waals surface area contributed by atoms with E-state index in [9.17, 15) is 0 Å². The zero-order chi connectivity index (χ0) is 12.8. The SMILES string of the molecule is CCn1ccnc1NCCOc1cccc(N)c1. The maximum absolute atomic E-state index is 5.67. The van der Waals surface area contributed by atoms with Crippen molar-refractivity contribution in [2.24, 2.45) is 0 Å². The van der Waals surface area contributed by atoms with Crippen LogP contribution < -0.4 is 15.8 Å². The van der Waals surface area contributed by atoms with Crippen molar-refractivity contribution in [1.82, 2.24) is 9.55 Å². The summed E-state index contributed by atoms with van der Waals surface area (Å²) in [7, 11) is 0. The summed E-state index contributed by atoms with van der Waals surface area (Å²) >= 11 is 0. The van der Waals surface area contributed by atoms with Gasteiger partial charge in [0.2, 0.25) is 5.95 Å². The predicted molar refractivity (Wildman–Crippen MR) is 72.7 cm³/mol. The third kappa shape index (κ3) is 3.16. The summed E-state index contributed by atoms with van der Waals surface area (Å²) < 4.78 is 7.62. The number of anilines is 2. The van der Waals surface area contributed by atoms with Gasteiger partial charge in [-0.05, 0) is 19.1 Å². The lowest BCUT2D eigenvalue weighted by Gasteiger charge is -2.09. The fourth-order valence-electron chi connectivity index (χ4n) is 1.67. The molecule has 18 heavy (non-hydrogen) atoms. The summed E-state index contributed by atoms with van der Waals surface area (Å²) in [5.74, 6) is 1.66. The van der Waals surface area contributed by atoms with Crippen molar-refractivity contribution < 1.29 is 4.74 Å². The van der Waals surface area contributed by atoms with Crippen LogP contribution >= 0.6 is 0 Å². The highest BCUT2D eigenvalue weighted by molar-refractivity contribution is 5.43. The molecule has 5 nitrogen and oxygen atoms in total. The number of nitrogen functional groups attached to an aromatic ring is 1. The van der Waals surface area contributed by atoms with Gasteiger partial charge in [-0.15, -0.1) is 0 Å². The molecule has 0 radical (unpaired) electrons. The van der Waals surface area contributed by atoms with Crippen molar-refractivity contribution in [3.05, 3.63) is 36.7 Å². The van der Waals surface area contributed by atoms with Gasteiger partial charge in [-0.3, -0.25) is 0 Å². The molecule has 2 aromatic rings. The number of rotatable bonds is 6. The molecule has 0 aliphatic carbocycles. The van der Waals surface area contributed by atoms with E-state index >= 15 is 0 Å². The van der Waals surface area contributed by atoms with Crippen molar-refractivity contribution >= 4 is 11.6 Å². The normalized spacial score (nSPS) is 10.3. The molecule has 0 aliphatic heterocycles. The summed E-state index contributed by atoms with van der Waals surface area (Å²) in [5.41, 5.74) is 6.38. The average Bonchev–Trinajstić information content (AvgIpc) is 2.82. The standard InChI is InChI=1S/C13H18N4O/c1-2-17-8-6-15-13(17)16-7-9-18-12-5-3-4-11(14)10-12/h3-6,8,10H,2,7,9,14H2,1H3,(H,15,16). The van der Waals surface area contributed by atoms with Crippen molar-refractivity contribution in [3.63, 3.8) is 0 Å². The van der Waals surface area contributed by atoms with Gasteiger partial charge >= 0.3 is 0 Å². The first-order valence-corrected chi connectivity index (χ1v) is 6.03. The molecule has 1 aromatic carbocycles. The van der Waals surface area contributed by atoms with E-state index in [1.165, 1.54) is 0 Å². The second-order valence-electron chi connectivity index (χ2n) is 3.88. The Hall–Kier alpha value is -2.17. The summed E-state index contributed by atoms with van der Waals surface area (Å²) in [4.78, 5) is 4.22. The van der Waals surface area contributed by atoms with Crippen molar-refractivity contribution in [3.8, 4) is 5.75 Å². The number of aromatic nitrogens is 2. The number of imidazole rings is 1. The number of hydrogen-bond donors (Lipinski definition) is 2. The highest BCUT2D eigenvalue weighted by Crippen LogP contribution is 2.14. The number of nitrogens with zero attached hydrogens (tertiary/aromatic N) is 2. The van der Waals surface area contributed by atoms with E-state index in [0.29, 0.717) is 18.8 Å². The molecule has 96 valence electrons. The van der Waals surface area contributed by atoms with Gasteiger partial charge in [0, 0.05) is 30.7 Å². The van der Waals surface area contributed by atoms with E-state index in [1.807, 2.05) is 35.0 Å². The molecule has 3 N–H and O–H groups in total. The Kier molecular flexibility index (Phi) is 4.06. The van der Waals surface area contributed by atoms with Crippen LogP contribution in [0, 0.1) is 0 Å². The number of benzene rings is 1. The minimum atomic E-state index is 0.569. The Balaban J connectivity index is 1.76. The zero-order valence-corrected chi connectivity index (χ0v) is 10.5. The third-order valence-electron chi connectivity index (χ3n) is 2.57. The summed E-state index contributed by atoms with van der Waals surface area (Å²) in [5, 5.41) is 3.22. The van der Waals surface area contributed by atoms with E-state index in [-0.39, 0.29) is 0 Å². The van der Waals surface area contributed by atoms with Gasteiger partial charge in [0.25, 0.3) is 0 Å².